The standard InChI is InChI=1S/C34H61N3O5.ClH/c1-2-3-4-5-6-7-8-9-10-11-12-13-14-15-16-19-23-35-33(40)32-22-18-17-21-31(32)30-42-34(41)36-24-20-25-37(26-28-38)27-29-39;/h17-18,21-22,38-39H,2-16,19-20,23-30H2,1H3,(H,35,40)(H,36,41);1H. The molecule has 0 aliphatic carbocycles. The van der Waals surface area contributed by atoms with Crippen LogP contribution in [0.4, 0.5) is 4.79 Å². The van der Waals surface area contributed by atoms with Gasteiger partial charge in [0.1, 0.15) is 6.61 Å². The molecule has 0 radical (unpaired) electrons. The summed E-state index contributed by atoms with van der Waals surface area (Å²) in [5.41, 5.74) is 1.21. The van der Waals surface area contributed by atoms with Crippen molar-refractivity contribution in [2.45, 2.75) is 123 Å². The summed E-state index contributed by atoms with van der Waals surface area (Å²) in [5.74, 6) is -0.136. The minimum atomic E-state index is -0.533. The fourth-order valence-corrected chi connectivity index (χ4v) is 5.14. The Kier molecular flexibility index (Phi) is 28.9. The molecule has 4 N–H and O–H groups in total. The molecule has 1 rings (SSSR count). The van der Waals surface area contributed by atoms with Crippen LogP contribution in [0.25, 0.3) is 0 Å². The molecule has 0 saturated heterocycles. The van der Waals surface area contributed by atoms with Gasteiger partial charge >= 0.3 is 6.09 Å². The molecule has 8 nitrogen and oxygen atoms in total. The van der Waals surface area contributed by atoms with Gasteiger partial charge in [-0.15, -0.1) is 12.4 Å². The molecule has 0 heterocycles. The number of benzene rings is 1. The van der Waals surface area contributed by atoms with Crippen molar-refractivity contribution in [2.75, 3.05) is 45.9 Å². The molecule has 0 spiro atoms. The van der Waals surface area contributed by atoms with E-state index in [0.29, 0.717) is 50.3 Å². The number of hydrogen-bond acceptors (Lipinski definition) is 6. The number of carbonyl (C=O) groups excluding carboxylic acids is 2. The van der Waals surface area contributed by atoms with E-state index in [4.69, 9.17) is 14.9 Å². The molecule has 0 fully saturated rings. The van der Waals surface area contributed by atoms with E-state index in [1.165, 1.54) is 89.9 Å². The summed E-state index contributed by atoms with van der Waals surface area (Å²) in [7, 11) is 0. The summed E-state index contributed by atoms with van der Waals surface area (Å²) in [6.07, 6.45) is 21.3. The first-order chi connectivity index (χ1) is 20.6. The first-order valence-corrected chi connectivity index (χ1v) is 16.8. The molecule has 250 valence electrons. The van der Waals surface area contributed by atoms with Gasteiger partial charge in [-0.2, -0.15) is 0 Å². The van der Waals surface area contributed by atoms with E-state index in [-0.39, 0.29) is 38.1 Å². The zero-order valence-electron chi connectivity index (χ0n) is 27.0. The average molecular weight is 628 g/mol. The van der Waals surface area contributed by atoms with Crippen molar-refractivity contribution in [3.63, 3.8) is 0 Å². The monoisotopic (exact) mass is 627 g/mol. The summed E-state index contributed by atoms with van der Waals surface area (Å²) < 4.78 is 5.34. The number of aliphatic hydroxyl groups is 2. The second-order valence-corrected chi connectivity index (χ2v) is 11.4. The minimum Gasteiger partial charge on any atom is -0.445 e. The highest BCUT2D eigenvalue weighted by atomic mass is 35.5. The summed E-state index contributed by atoms with van der Waals surface area (Å²) in [6.45, 7) is 5.06. The average Bonchev–Trinajstić information content (AvgIpc) is 3.00. The Morgan fingerprint density at radius 2 is 1.16 bits per heavy atom. The smallest absolute Gasteiger partial charge is 0.407 e. The van der Waals surface area contributed by atoms with E-state index >= 15 is 0 Å². The van der Waals surface area contributed by atoms with Crippen LogP contribution in [0.2, 0.25) is 0 Å². The van der Waals surface area contributed by atoms with Gasteiger partial charge in [-0.25, -0.2) is 4.79 Å². The maximum Gasteiger partial charge on any atom is 0.407 e. The topological polar surface area (TPSA) is 111 Å². The third-order valence-corrected chi connectivity index (χ3v) is 7.69. The Hall–Kier alpha value is -1.87. The molecule has 43 heavy (non-hydrogen) atoms. The Morgan fingerprint density at radius 3 is 1.70 bits per heavy atom. The van der Waals surface area contributed by atoms with Crippen molar-refractivity contribution in [1.82, 2.24) is 15.5 Å². The molecular weight excluding hydrogens is 566 g/mol. The number of nitrogens with one attached hydrogen (secondary N) is 2. The number of unbranched alkanes of at least 4 members (excludes halogenated alkanes) is 15. The normalized spacial score (nSPS) is 10.9. The third-order valence-electron chi connectivity index (χ3n) is 7.69. The molecule has 1 aromatic rings. The Bertz CT molecular complexity index is 793. The van der Waals surface area contributed by atoms with Crippen LogP contribution in [-0.2, 0) is 11.3 Å². The second-order valence-electron chi connectivity index (χ2n) is 11.4. The van der Waals surface area contributed by atoms with Crippen LogP contribution in [-0.4, -0.2) is 73.1 Å². The van der Waals surface area contributed by atoms with Gasteiger partial charge in [0.25, 0.3) is 5.91 Å². The SMILES string of the molecule is CCCCCCCCCCCCCCCCCCNC(=O)c1ccccc1COC(=O)NCCCN(CCO)CCO.Cl. The van der Waals surface area contributed by atoms with Crippen molar-refractivity contribution in [1.29, 1.82) is 0 Å². The lowest BCUT2D eigenvalue weighted by Crippen LogP contribution is -2.33. The number of amides is 2. The van der Waals surface area contributed by atoms with Gasteiger partial charge in [-0.05, 0) is 25.5 Å². The number of nitrogens with zero attached hydrogens (tertiary/aromatic N) is 1. The predicted molar refractivity (Wildman–Crippen MR) is 179 cm³/mol. The fraction of sp³-hybridized carbons (Fsp3) is 0.765. The lowest BCUT2D eigenvalue weighted by Gasteiger charge is -2.19. The predicted octanol–water partition coefficient (Wildman–Crippen LogP) is 7.00. The zero-order valence-corrected chi connectivity index (χ0v) is 27.8. The van der Waals surface area contributed by atoms with E-state index < -0.39 is 6.09 Å². The van der Waals surface area contributed by atoms with E-state index in [0.717, 1.165) is 12.8 Å². The van der Waals surface area contributed by atoms with Crippen LogP contribution in [0.1, 0.15) is 132 Å². The maximum atomic E-state index is 12.7. The Morgan fingerprint density at radius 1 is 0.674 bits per heavy atom. The van der Waals surface area contributed by atoms with Crippen molar-refractivity contribution in [2.24, 2.45) is 0 Å². The molecule has 9 heteroatoms. The Balaban J connectivity index is 0.0000176. The highest BCUT2D eigenvalue weighted by Crippen LogP contribution is 2.14. The number of carbonyl (C=O) groups is 2. The van der Waals surface area contributed by atoms with Gasteiger partial charge in [0.15, 0.2) is 0 Å². The zero-order chi connectivity index (χ0) is 30.5. The molecular formula is C34H62ClN3O5. The summed E-state index contributed by atoms with van der Waals surface area (Å²) in [6, 6.07) is 7.21. The van der Waals surface area contributed by atoms with Gasteiger partial charge in [-0.1, -0.05) is 121 Å². The Labute approximate surface area is 268 Å². The quantitative estimate of drug-likeness (QED) is 0.0744. The van der Waals surface area contributed by atoms with E-state index in [1.54, 1.807) is 12.1 Å². The molecule has 0 atom stereocenters. The molecule has 1 aromatic carbocycles. The van der Waals surface area contributed by atoms with Crippen LogP contribution < -0.4 is 10.6 Å². The molecule has 2 amide bonds. The number of aliphatic hydroxyl groups excluding tert-OH is 2. The van der Waals surface area contributed by atoms with Crippen LogP contribution in [0.15, 0.2) is 24.3 Å². The summed E-state index contributed by atoms with van der Waals surface area (Å²) in [5, 5.41) is 23.9. The van der Waals surface area contributed by atoms with E-state index in [1.807, 2.05) is 17.0 Å². The molecule has 0 bridgehead atoms. The van der Waals surface area contributed by atoms with Gasteiger partial charge in [0, 0.05) is 37.3 Å². The third kappa shape index (κ3) is 23.2. The van der Waals surface area contributed by atoms with Crippen molar-refractivity contribution in [3.8, 4) is 0 Å². The van der Waals surface area contributed by atoms with Gasteiger partial charge in [-0.3, -0.25) is 9.69 Å². The van der Waals surface area contributed by atoms with Crippen LogP contribution >= 0.6 is 12.4 Å². The van der Waals surface area contributed by atoms with Crippen LogP contribution in [0, 0.1) is 0 Å². The van der Waals surface area contributed by atoms with E-state index in [2.05, 4.69) is 17.6 Å². The number of hydrogen-bond donors (Lipinski definition) is 4. The van der Waals surface area contributed by atoms with Gasteiger partial charge in [0.2, 0.25) is 0 Å². The molecule has 0 unspecified atom stereocenters. The van der Waals surface area contributed by atoms with Crippen molar-refractivity contribution < 1.29 is 24.5 Å². The molecule has 0 aromatic heterocycles. The number of rotatable bonds is 28. The number of halogens is 1. The first-order valence-electron chi connectivity index (χ1n) is 16.8. The molecule has 0 saturated carbocycles. The number of ether oxygens (including phenoxy) is 1. The number of alkyl carbamates (subject to hydrolysis) is 1. The van der Waals surface area contributed by atoms with Crippen LogP contribution in [0.5, 0.6) is 0 Å². The summed E-state index contributed by atoms with van der Waals surface area (Å²) >= 11 is 0. The highest BCUT2D eigenvalue weighted by Gasteiger charge is 2.12. The largest absolute Gasteiger partial charge is 0.445 e. The van der Waals surface area contributed by atoms with Gasteiger partial charge in [0.05, 0.1) is 13.2 Å². The van der Waals surface area contributed by atoms with E-state index in [9.17, 15) is 9.59 Å². The first kappa shape index (κ1) is 41.1. The van der Waals surface area contributed by atoms with Crippen LogP contribution in [0.3, 0.4) is 0 Å². The van der Waals surface area contributed by atoms with Crippen molar-refractivity contribution >= 4 is 24.4 Å². The minimum absolute atomic E-state index is 0. The van der Waals surface area contributed by atoms with Crippen molar-refractivity contribution in [3.05, 3.63) is 35.4 Å². The van der Waals surface area contributed by atoms with Gasteiger partial charge < -0.3 is 25.6 Å². The fourth-order valence-electron chi connectivity index (χ4n) is 5.14. The molecule has 0 aliphatic heterocycles. The highest BCUT2D eigenvalue weighted by molar-refractivity contribution is 5.95. The lowest BCUT2D eigenvalue weighted by molar-refractivity contribution is 0.0946. The maximum absolute atomic E-state index is 12.7. The second kappa shape index (κ2) is 30.2. The summed E-state index contributed by atoms with van der Waals surface area (Å²) in [4.78, 5) is 26.8. The lowest BCUT2D eigenvalue weighted by atomic mass is 10.0. The molecule has 0 aliphatic rings.